The highest BCUT2D eigenvalue weighted by Gasteiger charge is 2.12. The molecule has 0 aliphatic carbocycles. The van der Waals surface area contributed by atoms with E-state index in [2.05, 4.69) is 11.4 Å². The smallest absolute Gasteiger partial charge is 0.224 e. The molecule has 0 atom stereocenters. The van der Waals surface area contributed by atoms with Gasteiger partial charge >= 0.3 is 0 Å². The summed E-state index contributed by atoms with van der Waals surface area (Å²) in [6.45, 7) is 4.30. The van der Waals surface area contributed by atoms with E-state index in [9.17, 15) is 9.90 Å². The molecule has 122 valence electrons. The molecule has 1 amide bonds. The summed E-state index contributed by atoms with van der Waals surface area (Å²) in [6, 6.07) is 11.6. The Morgan fingerprint density at radius 1 is 1.17 bits per heavy atom. The highest BCUT2D eigenvalue weighted by atomic mass is 16.5. The second-order valence-corrected chi connectivity index (χ2v) is 5.62. The van der Waals surface area contributed by atoms with Gasteiger partial charge in [-0.25, -0.2) is 0 Å². The summed E-state index contributed by atoms with van der Waals surface area (Å²) in [6.07, 6.45) is 0.274. The molecule has 0 aliphatic rings. The van der Waals surface area contributed by atoms with Crippen molar-refractivity contribution in [2.75, 3.05) is 7.05 Å². The maximum Gasteiger partial charge on any atom is 0.224 e. The van der Waals surface area contributed by atoms with Crippen molar-refractivity contribution in [3.63, 3.8) is 0 Å². The van der Waals surface area contributed by atoms with Crippen LogP contribution in [-0.4, -0.2) is 18.1 Å². The second kappa shape index (κ2) is 7.79. The van der Waals surface area contributed by atoms with E-state index >= 15 is 0 Å². The monoisotopic (exact) mass is 313 g/mol. The standard InChI is InChI=1S/C19H23NO3/c1-13-7-8-18(14(2)9-13)23-12-17-15(10-19(22)20-3)5-4-6-16(17)11-21/h4-9,21H,10-12H2,1-3H3,(H,20,22). The van der Waals surface area contributed by atoms with Crippen LogP contribution in [0, 0.1) is 13.8 Å². The summed E-state index contributed by atoms with van der Waals surface area (Å²) < 4.78 is 5.93. The van der Waals surface area contributed by atoms with Crippen LogP contribution in [0.4, 0.5) is 0 Å². The van der Waals surface area contributed by atoms with Gasteiger partial charge in [0.1, 0.15) is 12.4 Å². The Labute approximate surface area is 137 Å². The zero-order chi connectivity index (χ0) is 16.8. The van der Waals surface area contributed by atoms with Crippen molar-refractivity contribution in [1.82, 2.24) is 5.32 Å². The number of rotatable bonds is 6. The molecular formula is C19H23NO3. The van der Waals surface area contributed by atoms with Gasteiger partial charge in [-0.2, -0.15) is 0 Å². The van der Waals surface area contributed by atoms with Crippen LogP contribution in [0.2, 0.25) is 0 Å². The van der Waals surface area contributed by atoms with Gasteiger partial charge < -0.3 is 15.2 Å². The molecule has 2 rings (SSSR count). The number of nitrogens with one attached hydrogen (secondary N) is 1. The first-order valence-corrected chi connectivity index (χ1v) is 7.66. The predicted octanol–water partition coefficient (Wildman–Crippen LogP) is 2.66. The van der Waals surface area contributed by atoms with Crippen LogP contribution in [0.15, 0.2) is 36.4 Å². The zero-order valence-corrected chi connectivity index (χ0v) is 13.8. The Hall–Kier alpha value is -2.33. The lowest BCUT2D eigenvalue weighted by Crippen LogP contribution is -2.21. The van der Waals surface area contributed by atoms with E-state index in [-0.39, 0.29) is 18.9 Å². The van der Waals surface area contributed by atoms with Gasteiger partial charge in [-0.05, 0) is 42.2 Å². The number of carbonyl (C=O) groups is 1. The van der Waals surface area contributed by atoms with Gasteiger partial charge in [-0.15, -0.1) is 0 Å². The van der Waals surface area contributed by atoms with Crippen molar-refractivity contribution >= 4 is 5.91 Å². The topological polar surface area (TPSA) is 58.6 Å². The first-order valence-electron chi connectivity index (χ1n) is 7.66. The number of hydrogen-bond donors (Lipinski definition) is 2. The van der Waals surface area contributed by atoms with Crippen LogP contribution in [0.5, 0.6) is 5.75 Å². The van der Waals surface area contributed by atoms with Crippen molar-refractivity contribution < 1.29 is 14.6 Å². The highest BCUT2D eigenvalue weighted by Crippen LogP contribution is 2.23. The number of aryl methyl sites for hydroxylation is 2. The Morgan fingerprint density at radius 3 is 2.57 bits per heavy atom. The van der Waals surface area contributed by atoms with Crippen LogP contribution in [0.1, 0.15) is 27.8 Å². The second-order valence-electron chi connectivity index (χ2n) is 5.62. The molecule has 2 aromatic carbocycles. The van der Waals surface area contributed by atoms with E-state index < -0.39 is 0 Å². The van der Waals surface area contributed by atoms with Gasteiger partial charge in [-0.3, -0.25) is 4.79 Å². The van der Waals surface area contributed by atoms with Gasteiger partial charge in [0.2, 0.25) is 5.91 Å². The number of amides is 1. The quantitative estimate of drug-likeness (QED) is 0.862. The van der Waals surface area contributed by atoms with Crippen molar-refractivity contribution in [3.05, 3.63) is 64.2 Å². The molecule has 0 fully saturated rings. The summed E-state index contributed by atoms with van der Waals surface area (Å²) >= 11 is 0. The number of hydrogen-bond acceptors (Lipinski definition) is 3. The first-order chi connectivity index (χ1) is 11.0. The van der Waals surface area contributed by atoms with Gasteiger partial charge in [0.25, 0.3) is 0 Å². The zero-order valence-electron chi connectivity index (χ0n) is 13.8. The average molecular weight is 313 g/mol. The highest BCUT2D eigenvalue weighted by molar-refractivity contribution is 5.78. The molecule has 0 radical (unpaired) electrons. The predicted molar refractivity (Wildman–Crippen MR) is 90.4 cm³/mol. The molecule has 0 aliphatic heterocycles. The van der Waals surface area contributed by atoms with Crippen LogP contribution in [0.25, 0.3) is 0 Å². The molecule has 0 bridgehead atoms. The Kier molecular flexibility index (Phi) is 5.77. The maximum absolute atomic E-state index is 11.7. The van der Waals surface area contributed by atoms with Crippen LogP contribution in [-0.2, 0) is 24.4 Å². The molecule has 0 saturated heterocycles. The first kappa shape index (κ1) is 17.0. The summed E-state index contributed by atoms with van der Waals surface area (Å²) in [5, 5.41) is 12.2. The average Bonchev–Trinajstić information content (AvgIpc) is 2.54. The lowest BCUT2D eigenvalue weighted by Gasteiger charge is -2.16. The number of benzene rings is 2. The molecule has 2 aromatic rings. The molecule has 23 heavy (non-hydrogen) atoms. The van der Waals surface area contributed by atoms with Crippen LogP contribution >= 0.6 is 0 Å². The third-order valence-electron chi connectivity index (χ3n) is 3.87. The summed E-state index contributed by atoms with van der Waals surface area (Å²) in [5.41, 5.74) is 4.79. The fourth-order valence-electron chi connectivity index (χ4n) is 2.56. The van der Waals surface area contributed by atoms with Crippen LogP contribution in [0.3, 0.4) is 0 Å². The number of aliphatic hydroxyl groups is 1. The number of aliphatic hydroxyl groups excluding tert-OH is 1. The van der Waals surface area contributed by atoms with Crippen molar-refractivity contribution in [2.24, 2.45) is 0 Å². The normalized spacial score (nSPS) is 10.4. The Balaban J connectivity index is 2.24. The summed E-state index contributed by atoms with van der Waals surface area (Å²) in [4.78, 5) is 11.7. The third kappa shape index (κ3) is 4.33. The molecule has 4 nitrogen and oxygen atoms in total. The van der Waals surface area contributed by atoms with Gasteiger partial charge in [-0.1, -0.05) is 35.9 Å². The minimum Gasteiger partial charge on any atom is -0.489 e. The molecule has 2 N–H and O–H groups in total. The molecular weight excluding hydrogens is 290 g/mol. The number of carbonyl (C=O) groups excluding carboxylic acids is 1. The number of likely N-dealkylation sites (N-methyl/N-ethyl adjacent to an activating group) is 1. The van der Waals surface area contributed by atoms with Gasteiger partial charge in [0, 0.05) is 7.05 Å². The Bertz CT molecular complexity index is 695. The maximum atomic E-state index is 11.7. The molecule has 0 aromatic heterocycles. The fraction of sp³-hybridized carbons (Fsp3) is 0.316. The van der Waals surface area contributed by atoms with Crippen LogP contribution < -0.4 is 10.1 Å². The van der Waals surface area contributed by atoms with E-state index in [1.807, 2.05) is 44.2 Å². The largest absolute Gasteiger partial charge is 0.489 e. The molecule has 0 spiro atoms. The van der Waals surface area contributed by atoms with E-state index in [0.717, 1.165) is 28.0 Å². The Morgan fingerprint density at radius 2 is 1.91 bits per heavy atom. The van der Waals surface area contributed by atoms with Crippen molar-refractivity contribution in [3.8, 4) is 5.75 Å². The molecule has 4 heteroatoms. The van der Waals surface area contributed by atoms with E-state index in [1.165, 1.54) is 5.56 Å². The van der Waals surface area contributed by atoms with E-state index in [0.29, 0.717) is 6.61 Å². The van der Waals surface area contributed by atoms with Gasteiger partial charge in [0.15, 0.2) is 0 Å². The molecule has 0 saturated carbocycles. The lowest BCUT2D eigenvalue weighted by molar-refractivity contribution is -0.119. The summed E-state index contributed by atoms with van der Waals surface area (Å²) in [7, 11) is 1.62. The van der Waals surface area contributed by atoms with Crippen molar-refractivity contribution in [1.29, 1.82) is 0 Å². The van der Waals surface area contributed by atoms with Crippen molar-refractivity contribution in [2.45, 2.75) is 33.5 Å². The third-order valence-corrected chi connectivity index (χ3v) is 3.87. The van der Waals surface area contributed by atoms with E-state index in [4.69, 9.17) is 4.74 Å². The number of ether oxygens (including phenoxy) is 1. The molecule has 0 heterocycles. The SMILES string of the molecule is CNC(=O)Cc1cccc(CO)c1COc1ccc(C)cc1C. The van der Waals surface area contributed by atoms with E-state index in [1.54, 1.807) is 7.05 Å². The minimum atomic E-state index is -0.0762. The summed E-state index contributed by atoms with van der Waals surface area (Å²) in [5.74, 6) is 0.752. The molecule has 0 unspecified atom stereocenters. The fourth-order valence-corrected chi connectivity index (χ4v) is 2.56. The van der Waals surface area contributed by atoms with Gasteiger partial charge in [0.05, 0.1) is 13.0 Å². The lowest BCUT2D eigenvalue weighted by atomic mass is 9.99. The minimum absolute atomic E-state index is 0.0622.